The van der Waals surface area contributed by atoms with Gasteiger partial charge in [0.15, 0.2) is 0 Å². The van der Waals surface area contributed by atoms with Crippen LogP contribution in [-0.2, 0) is 7.05 Å². The van der Waals surface area contributed by atoms with Gasteiger partial charge in [0.05, 0.1) is 5.52 Å². The fourth-order valence-electron chi connectivity index (χ4n) is 1.35. The van der Waals surface area contributed by atoms with Crippen LogP contribution in [0.15, 0.2) is 22.7 Å². The molecule has 0 fully saturated rings. The van der Waals surface area contributed by atoms with Gasteiger partial charge in [-0.15, -0.1) is 0 Å². The Morgan fingerprint density at radius 2 is 2.17 bits per heavy atom. The predicted molar refractivity (Wildman–Crippen MR) is 53.2 cm³/mol. The molecular weight excluding hydrogens is 216 g/mol. The quantitative estimate of drug-likeness (QED) is 0.673. The van der Waals surface area contributed by atoms with Gasteiger partial charge in [-0.05, 0) is 19.1 Å². The van der Waals surface area contributed by atoms with Crippen LogP contribution in [0.2, 0.25) is 0 Å². The van der Waals surface area contributed by atoms with Crippen molar-refractivity contribution in [2.75, 3.05) is 0 Å². The SMILES string of the molecule is Cc1c2c(Br)cccc2nn1C. The molecule has 2 aromatic rings. The fraction of sp³-hybridized carbons (Fsp3) is 0.222. The van der Waals surface area contributed by atoms with Crippen LogP contribution in [0.1, 0.15) is 5.69 Å². The number of nitrogens with zero attached hydrogens (tertiary/aromatic N) is 2. The summed E-state index contributed by atoms with van der Waals surface area (Å²) in [5.41, 5.74) is 2.24. The third-order valence-corrected chi connectivity index (χ3v) is 2.76. The van der Waals surface area contributed by atoms with Gasteiger partial charge >= 0.3 is 0 Å². The van der Waals surface area contributed by atoms with Gasteiger partial charge in [0.25, 0.3) is 0 Å². The molecule has 0 unspecified atom stereocenters. The Morgan fingerprint density at radius 3 is 2.83 bits per heavy atom. The number of hydrogen-bond acceptors (Lipinski definition) is 1. The van der Waals surface area contributed by atoms with E-state index in [1.807, 2.05) is 29.9 Å². The van der Waals surface area contributed by atoms with Crippen LogP contribution in [0.3, 0.4) is 0 Å². The van der Waals surface area contributed by atoms with E-state index in [4.69, 9.17) is 0 Å². The smallest absolute Gasteiger partial charge is 0.0937 e. The molecule has 3 heteroatoms. The van der Waals surface area contributed by atoms with E-state index in [9.17, 15) is 0 Å². The highest BCUT2D eigenvalue weighted by Gasteiger charge is 2.06. The zero-order valence-electron chi connectivity index (χ0n) is 7.00. The summed E-state index contributed by atoms with van der Waals surface area (Å²) in [5, 5.41) is 5.57. The molecule has 0 amide bonds. The van der Waals surface area contributed by atoms with Crippen LogP contribution in [0.5, 0.6) is 0 Å². The van der Waals surface area contributed by atoms with Crippen molar-refractivity contribution in [1.29, 1.82) is 0 Å². The Kier molecular flexibility index (Phi) is 1.68. The molecule has 0 aliphatic carbocycles. The van der Waals surface area contributed by atoms with Gasteiger partial charge in [-0.2, -0.15) is 5.10 Å². The first-order chi connectivity index (χ1) is 5.70. The maximum atomic E-state index is 4.36. The molecule has 1 aromatic heterocycles. The summed E-state index contributed by atoms with van der Waals surface area (Å²) >= 11 is 3.51. The minimum absolute atomic E-state index is 1.05. The first kappa shape index (κ1) is 7.80. The molecule has 1 aromatic carbocycles. The van der Waals surface area contributed by atoms with Crippen molar-refractivity contribution in [2.45, 2.75) is 6.92 Å². The molecule has 0 N–H and O–H groups in total. The van der Waals surface area contributed by atoms with E-state index in [1.165, 1.54) is 11.1 Å². The Balaban J connectivity index is 2.97. The maximum absolute atomic E-state index is 4.36. The molecule has 0 bridgehead atoms. The number of rotatable bonds is 0. The standard InChI is InChI=1S/C9H9BrN2/c1-6-9-7(10)4-3-5-8(9)11-12(6)2/h3-5H,1-2H3. The Morgan fingerprint density at radius 1 is 1.42 bits per heavy atom. The van der Waals surface area contributed by atoms with Crippen LogP contribution in [0, 0.1) is 6.92 Å². The van der Waals surface area contributed by atoms with Gasteiger partial charge in [-0.1, -0.05) is 22.0 Å². The first-order valence-electron chi connectivity index (χ1n) is 3.78. The van der Waals surface area contributed by atoms with E-state index < -0.39 is 0 Å². The topological polar surface area (TPSA) is 17.8 Å². The highest BCUT2D eigenvalue weighted by atomic mass is 79.9. The Hall–Kier alpha value is -0.830. The number of aromatic nitrogens is 2. The van der Waals surface area contributed by atoms with Gasteiger partial charge in [-0.3, -0.25) is 4.68 Å². The minimum Gasteiger partial charge on any atom is -0.272 e. The van der Waals surface area contributed by atoms with Crippen LogP contribution < -0.4 is 0 Å². The molecule has 0 atom stereocenters. The number of benzene rings is 1. The lowest BCUT2D eigenvalue weighted by Crippen LogP contribution is -1.91. The van der Waals surface area contributed by atoms with E-state index in [-0.39, 0.29) is 0 Å². The largest absolute Gasteiger partial charge is 0.272 e. The van der Waals surface area contributed by atoms with Crippen LogP contribution >= 0.6 is 15.9 Å². The zero-order valence-corrected chi connectivity index (χ0v) is 8.59. The van der Waals surface area contributed by atoms with Crippen LogP contribution in [0.25, 0.3) is 10.9 Å². The van der Waals surface area contributed by atoms with Gasteiger partial charge < -0.3 is 0 Å². The second kappa shape index (κ2) is 2.59. The number of fused-ring (bicyclic) bond motifs is 1. The maximum Gasteiger partial charge on any atom is 0.0937 e. The highest BCUT2D eigenvalue weighted by molar-refractivity contribution is 9.10. The number of halogens is 1. The summed E-state index contributed by atoms with van der Waals surface area (Å²) in [6.45, 7) is 2.07. The highest BCUT2D eigenvalue weighted by Crippen LogP contribution is 2.25. The Bertz CT molecular complexity index is 431. The molecule has 0 aliphatic heterocycles. The molecule has 0 aliphatic rings. The van der Waals surface area contributed by atoms with E-state index in [0.717, 1.165) is 9.99 Å². The van der Waals surface area contributed by atoms with Gasteiger partial charge in [-0.25, -0.2) is 0 Å². The predicted octanol–water partition coefficient (Wildman–Crippen LogP) is 2.64. The second-order valence-corrected chi connectivity index (χ2v) is 3.70. The minimum atomic E-state index is 1.05. The van der Waals surface area contributed by atoms with Crippen molar-refractivity contribution >= 4 is 26.8 Å². The zero-order chi connectivity index (χ0) is 8.72. The normalized spacial score (nSPS) is 10.9. The molecule has 0 saturated carbocycles. The number of aryl methyl sites for hydroxylation is 2. The van der Waals surface area contributed by atoms with E-state index >= 15 is 0 Å². The summed E-state index contributed by atoms with van der Waals surface area (Å²) in [7, 11) is 1.96. The lowest BCUT2D eigenvalue weighted by Gasteiger charge is -1.93. The second-order valence-electron chi connectivity index (χ2n) is 2.84. The fourth-order valence-corrected chi connectivity index (χ4v) is 2.00. The number of hydrogen-bond donors (Lipinski definition) is 0. The molecule has 62 valence electrons. The average molecular weight is 225 g/mol. The van der Waals surface area contributed by atoms with E-state index in [1.54, 1.807) is 0 Å². The third-order valence-electron chi connectivity index (χ3n) is 2.10. The molecule has 0 spiro atoms. The van der Waals surface area contributed by atoms with Crippen molar-refractivity contribution in [1.82, 2.24) is 9.78 Å². The molecule has 2 nitrogen and oxygen atoms in total. The Labute approximate surface area is 79.3 Å². The first-order valence-corrected chi connectivity index (χ1v) is 4.57. The summed E-state index contributed by atoms with van der Waals surface area (Å²) in [5.74, 6) is 0. The van der Waals surface area contributed by atoms with Gasteiger partial charge in [0.1, 0.15) is 0 Å². The molecule has 0 saturated heterocycles. The third kappa shape index (κ3) is 0.966. The van der Waals surface area contributed by atoms with E-state index in [2.05, 4.69) is 28.0 Å². The molecule has 0 radical (unpaired) electrons. The summed E-state index contributed by atoms with van der Waals surface area (Å²) in [4.78, 5) is 0. The lowest BCUT2D eigenvalue weighted by atomic mass is 10.2. The summed E-state index contributed by atoms with van der Waals surface area (Å²) in [6.07, 6.45) is 0. The monoisotopic (exact) mass is 224 g/mol. The molecule has 2 rings (SSSR count). The van der Waals surface area contributed by atoms with Gasteiger partial charge in [0.2, 0.25) is 0 Å². The van der Waals surface area contributed by atoms with Crippen molar-refractivity contribution in [3.05, 3.63) is 28.4 Å². The van der Waals surface area contributed by atoms with Crippen molar-refractivity contribution in [2.24, 2.45) is 7.05 Å². The summed E-state index contributed by atoms with van der Waals surface area (Å²) in [6, 6.07) is 6.06. The van der Waals surface area contributed by atoms with Gasteiger partial charge in [0, 0.05) is 22.6 Å². The van der Waals surface area contributed by atoms with Crippen molar-refractivity contribution < 1.29 is 0 Å². The average Bonchev–Trinajstić information content (AvgIpc) is 2.29. The molecule has 1 heterocycles. The van der Waals surface area contributed by atoms with Crippen LogP contribution in [-0.4, -0.2) is 9.78 Å². The van der Waals surface area contributed by atoms with E-state index in [0.29, 0.717) is 0 Å². The van der Waals surface area contributed by atoms with Crippen molar-refractivity contribution in [3.8, 4) is 0 Å². The molecule has 12 heavy (non-hydrogen) atoms. The summed E-state index contributed by atoms with van der Waals surface area (Å²) < 4.78 is 3.01. The molecular formula is C9H9BrN2. The van der Waals surface area contributed by atoms with Crippen molar-refractivity contribution in [3.63, 3.8) is 0 Å². The van der Waals surface area contributed by atoms with Crippen LogP contribution in [0.4, 0.5) is 0 Å². The lowest BCUT2D eigenvalue weighted by molar-refractivity contribution is 0.751.